The van der Waals surface area contributed by atoms with Crippen LogP contribution in [0.2, 0.25) is 5.02 Å². The molecule has 0 saturated carbocycles. The van der Waals surface area contributed by atoms with Crippen LogP contribution in [-0.2, 0) is 22.6 Å². The number of carbonyl (C=O) groups excluding carboxylic acids is 2. The minimum absolute atomic E-state index is 0.308. The summed E-state index contributed by atoms with van der Waals surface area (Å²) in [6.07, 6.45) is 0.970. The van der Waals surface area contributed by atoms with Gasteiger partial charge in [-0.25, -0.2) is 4.90 Å². The first-order valence-corrected chi connectivity index (χ1v) is 8.85. The fourth-order valence-electron chi connectivity index (χ4n) is 3.27. The van der Waals surface area contributed by atoms with Gasteiger partial charge in [0.15, 0.2) is 12.1 Å². The number of fused-ring (bicyclic) bond motifs is 1. The highest BCUT2D eigenvalue weighted by atomic mass is 35.5. The van der Waals surface area contributed by atoms with Gasteiger partial charge in [0, 0.05) is 5.02 Å². The van der Waals surface area contributed by atoms with Gasteiger partial charge in [0.25, 0.3) is 11.8 Å². The molecule has 0 radical (unpaired) electrons. The topological polar surface area (TPSA) is 65.3 Å². The third kappa shape index (κ3) is 2.76. The van der Waals surface area contributed by atoms with Crippen molar-refractivity contribution in [2.45, 2.75) is 32.0 Å². The second kappa shape index (κ2) is 6.53. The zero-order valence-electron chi connectivity index (χ0n) is 14.2. The van der Waals surface area contributed by atoms with Crippen LogP contribution in [0.4, 0.5) is 5.69 Å². The fraction of sp³-hybridized carbons (Fsp3) is 0.263. The highest BCUT2D eigenvalue weighted by Crippen LogP contribution is 2.33. The van der Waals surface area contributed by atoms with Crippen LogP contribution in [0, 0.1) is 0 Å². The molecule has 2 aliphatic rings. The van der Waals surface area contributed by atoms with Crippen LogP contribution in [0.3, 0.4) is 0 Å². The van der Waals surface area contributed by atoms with Crippen LogP contribution < -0.4 is 4.90 Å². The minimum Gasteiger partial charge on any atom is -0.271 e. The van der Waals surface area contributed by atoms with Crippen LogP contribution in [0.15, 0.2) is 58.9 Å². The maximum atomic E-state index is 12.9. The van der Waals surface area contributed by atoms with Gasteiger partial charge in [-0.15, -0.1) is 0 Å². The third-order valence-corrected chi connectivity index (χ3v) is 4.97. The normalized spacial score (nSPS) is 21.6. The van der Waals surface area contributed by atoms with Gasteiger partial charge in [-0.1, -0.05) is 48.0 Å². The highest BCUT2D eigenvalue weighted by Gasteiger charge is 2.54. The summed E-state index contributed by atoms with van der Waals surface area (Å²) in [6.45, 7) is 2.53. The number of rotatable bonds is 4. The van der Waals surface area contributed by atoms with Crippen molar-refractivity contribution in [2.24, 2.45) is 10.3 Å². The molecular formula is C19H17ClN4O2. The standard InChI is InChI=1S/C19H17ClN4O2/c1-2-12-3-5-13(6-4-12)11-23-17-16(21-22-23)18(25)24(19(17)26)15-9-7-14(20)8-10-15/h3-10,16-17H,2,11H2,1H3. The molecule has 0 N–H and O–H groups in total. The van der Waals surface area contributed by atoms with Crippen molar-refractivity contribution in [2.75, 3.05) is 4.90 Å². The van der Waals surface area contributed by atoms with Gasteiger partial charge in [-0.05, 0) is 41.8 Å². The molecule has 2 aliphatic heterocycles. The molecule has 2 aromatic rings. The zero-order chi connectivity index (χ0) is 18.3. The van der Waals surface area contributed by atoms with E-state index >= 15 is 0 Å². The molecule has 1 saturated heterocycles. The molecule has 2 heterocycles. The van der Waals surface area contributed by atoms with E-state index in [4.69, 9.17) is 11.6 Å². The Labute approximate surface area is 156 Å². The first-order valence-electron chi connectivity index (χ1n) is 8.47. The van der Waals surface area contributed by atoms with Crippen molar-refractivity contribution < 1.29 is 9.59 Å². The van der Waals surface area contributed by atoms with Gasteiger partial charge in [0.2, 0.25) is 0 Å². The number of anilines is 1. The number of benzene rings is 2. The first kappa shape index (κ1) is 16.7. The number of halogens is 1. The highest BCUT2D eigenvalue weighted by molar-refractivity contribution is 6.31. The van der Waals surface area contributed by atoms with E-state index in [-0.39, 0.29) is 11.8 Å². The summed E-state index contributed by atoms with van der Waals surface area (Å²) in [5.41, 5.74) is 2.77. The summed E-state index contributed by atoms with van der Waals surface area (Å²) in [5.74, 6) is -0.660. The van der Waals surface area contributed by atoms with Crippen molar-refractivity contribution in [3.05, 3.63) is 64.7 Å². The Morgan fingerprint density at radius 3 is 2.27 bits per heavy atom. The third-order valence-electron chi connectivity index (χ3n) is 4.72. The molecular weight excluding hydrogens is 352 g/mol. The Morgan fingerprint density at radius 2 is 1.62 bits per heavy atom. The lowest BCUT2D eigenvalue weighted by Gasteiger charge is -2.20. The van der Waals surface area contributed by atoms with Crippen LogP contribution in [0.25, 0.3) is 0 Å². The number of carbonyl (C=O) groups is 2. The predicted octanol–water partition coefficient (Wildman–Crippen LogP) is 3.40. The molecule has 26 heavy (non-hydrogen) atoms. The van der Waals surface area contributed by atoms with E-state index in [9.17, 15) is 9.59 Å². The Bertz CT molecular complexity index is 879. The second-order valence-corrected chi connectivity index (χ2v) is 6.79. The average molecular weight is 369 g/mol. The van der Waals surface area contributed by atoms with E-state index in [1.54, 1.807) is 29.3 Å². The molecule has 1 fully saturated rings. The summed E-state index contributed by atoms with van der Waals surface area (Å²) in [5, 5.41) is 10.3. The molecule has 4 rings (SSSR count). The van der Waals surface area contributed by atoms with E-state index in [0.29, 0.717) is 17.3 Å². The molecule has 0 aliphatic carbocycles. The van der Waals surface area contributed by atoms with Crippen molar-refractivity contribution in [1.82, 2.24) is 5.01 Å². The average Bonchev–Trinajstić information content (AvgIpc) is 3.17. The Kier molecular flexibility index (Phi) is 4.20. The monoisotopic (exact) mass is 368 g/mol. The second-order valence-electron chi connectivity index (χ2n) is 6.35. The zero-order valence-corrected chi connectivity index (χ0v) is 14.9. The molecule has 0 bridgehead atoms. The van der Waals surface area contributed by atoms with Crippen LogP contribution in [0.1, 0.15) is 18.1 Å². The molecule has 2 unspecified atom stereocenters. The van der Waals surface area contributed by atoms with Crippen molar-refractivity contribution in [3.8, 4) is 0 Å². The minimum atomic E-state index is -0.784. The smallest absolute Gasteiger partial charge is 0.263 e. The van der Waals surface area contributed by atoms with Gasteiger partial charge in [-0.2, -0.15) is 5.11 Å². The lowest BCUT2D eigenvalue weighted by Crippen LogP contribution is -2.39. The van der Waals surface area contributed by atoms with E-state index in [1.165, 1.54) is 10.5 Å². The van der Waals surface area contributed by atoms with Gasteiger partial charge >= 0.3 is 0 Å². The number of aryl methyl sites for hydroxylation is 1. The van der Waals surface area contributed by atoms with Gasteiger partial charge in [0.1, 0.15) is 0 Å². The largest absolute Gasteiger partial charge is 0.271 e. The summed E-state index contributed by atoms with van der Waals surface area (Å²) >= 11 is 5.89. The quantitative estimate of drug-likeness (QED) is 0.777. The fourth-order valence-corrected chi connectivity index (χ4v) is 3.39. The van der Waals surface area contributed by atoms with Gasteiger partial charge in [-0.3, -0.25) is 14.6 Å². The number of nitrogens with zero attached hydrogens (tertiary/aromatic N) is 4. The number of imide groups is 1. The van der Waals surface area contributed by atoms with Crippen molar-refractivity contribution in [1.29, 1.82) is 0 Å². The Hall–Kier alpha value is -2.73. The van der Waals surface area contributed by atoms with Crippen LogP contribution in [0.5, 0.6) is 0 Å². The maximum Gasteiger partial charge on any atom is 0.263 e. The molecule has 2 aromatic carbocycles. The lowest BCUT2D eigenvalue weighted by molar-refractivity contribution is -0.123. The van der Waals surface area contributed by atoms with Crippen LogP contribution in [-0.4, -0.2) is 28.9 Å². The Morgan fingerprint density at radius 1 is 0.962 bits per heavy atom. The number of amides is 2. The Balaban J connectivity index is 1.56. The SMILES string of the molecule is CCc1ccc(CN2N=NC3C(=O)N(c4ccc(Cl)cc4)C(=O)C32)cc1. The maximum absolute atomic E-state index is 12.9. The van der Waals surface area contributed by atoms with E-state index in [1.807, 2.05) is 12.1 Å². The van der Waals surface area contributed by atoms with Crippen molar-refractivity contribution in [3.63, 3.8) is 0 Å². The van der Waals surface area contributed by atoms with Crippen molar-refractivity contribution >= 4 is 29.1 Å². The summed E-state index contributed by atoms with van der Waals surface area (Å²) in [6, 6.07) is 13.3. The number of hydrogen-bond acceptors (Lipinski definition) is 5. The first-order chi connectivity index (χ1) is 12.6. The molecule has 6 nitrogen and oxygen atoms in total. The van der Waals surface area contributed by atoms with E-state index < -0.39 is 12.1 Å². The molecule has 0 spiro atoms. The lowest BCUT2D eigenvalue weighted by atomic mass is 10.1. The summed E-state index contributed by atoms with van der Waals surface area (Å²) in [7, 11) is 0. The molecule has 132 valence electrons. The molecule has 2 amide bonds. The van der Waals surface area contributed by atoms with E-state index in [0.717, 1.165) is 12.0 Å². The molecule has 2 atom stereocenters. The van der Waals surface area contributed by atoms with Gasteiger partial charge in [0.05, 0.1) is 12.2 Å². The molecule has 0 aromatic heterocycles. The van der Waals surface area contributed by atoms with Gasteiger partial charge < -0.3 is 0 Å². The summed E-state index contributed by atoms with van der Waals surface area (Å²) < 4.78 is 0. The summed E-state index contributed by atoms with van der Waals surface area (Å²) in [4.78, 5) is 26.7. The van der Waals surface area contributed by atoms with E-state index in [2.05, 4.69) is 29.4 Å². The number of hydrogen-bond donors (Lipinski definition) is 0. The van der Waals surface area contributed by atoms with Crippen LogP contribution >= 0.6 is 11.6 Å². The molecule has 7 heteroatoms. The predicted molar refractivity (Wildman–Crippen MR) is 97.7 cm³/mol.